The molecular weight excluding hydrogens is 351 g/mol. The molecule has 2 rings (SSSR count). The van der Waals surface area contributed by atoms with E-state index in [1.165, 1.54) is 11.1 Å². The number of hydrogen-bond acceptors (Lipinski definition) is 2. The van der Waals surface area contributed by atoms with E-state index in [1.54, 1.807) is 0 Å². The van der Waals surface area contributed by atoms with Crippen molar-refractivity contribution in [1.29, 1.82) is 0 Å². The van der Waals surface area contributed by atoms with E-state index in [0.717, 1.165) is 24.4 Å². The van der Waals surface area contributed by atoms with Crippen LogP contribution in [-0.2, 0) is 9.49 Å². The summed E-state index contributed by atoms with van der Waals surface area (Å²) in [4.78, 5) is 0. The van der Waals surface area contributed by atoms with Crippen LogP contribution >= 0.6 is 23.0 Å². The Labute approximate surface area is 130 Å². The molecule has 0 fully saturated rings. The van der Waals surface area contributed by atoms with Crippen molar-refractivity contribution >= 4 is 28.8 Å². The molecule has 3 heteroatoms. The molecule has 0 spiro atoms. The third-order valence-corrected chi connectivity index (χ3v) is 3.07. The van der Waals surface area contributed by atoms with Crippen molar-refractivity contribution in [2.24, 2.45) is 0 Å². The van der Waals surface area contributed by atoms with Gasteiger partial charge in [-0.2, -0.15) is 0 Å². The van der Waals surface area contributed by atoms with Crippen molar-refractivity contribution in [2.75, 3.05) is 0 Å². The van der Waals surface area contributed by atoms with Gasteiger partial charge in [-0.15, -0.1) is 0 Å². The lowest BCUT2D eigenvalue weighted by Crippen LogP contribution is -2.23. The summed E-state index contributed by atoms with van der Waals surface area (Å²) in [5.41, 5.74) is 2.34. The first kappa shape index (κ1) is 16.3. The molecule has 0 aromatic heterocycles. The van der Waals surface area contributed by atoms with Crippen LogP contribution < -0.4 is 4.74 Å². The molecule has 19 heavy (non-hydrogen) atoms. The maximum absolute atomic E-state index is 5.87. The van der Waals surface area contributed by atoms with Crippen LogP contribution in [0.25, 0.3) is 5.76 Å². The zero-order valence-corrected chi connectivity index (χ0v) is 14.6. The highest BCUT2D eigenvalue weighted by molar-refractivity contribution is 14.1. The molecule has 0 bridgehead atoms. The second kappa shape index (κ2) is 7.17. The zero-order valence-electron chi connectivity index (χ0n) is 12.4. The van der Waals surface area contributed by atoms with Crippen molar-refractivity contribution in [3.05, 3.63) is 35.4 Å². The van der Waals surface area contributed by atoms with Gasteiger partial charge in [0.1, 0.15) is 17.1 Å². The summed E-state index contributed by atoms with van der Waals surface area (Å²) in [6.07, 6.45) is 4.23. The Morgan fingerprint density at radius 2 is 1.84 bits per heavy atom. The van der Waals surface area contributed by atoms with Gasteiger partial charge >= 0.3 is 0 Å². The average molecular weight is 374 g/mol. The number of fused-ring (bicyclic) bond motifs is 1. The Kier molecular flexibility index (Phi) is 6.17. The van der Waals surface area contributed by atoms with Crippen LogP contribution in [-0.4, -0.2) is 5.60 Å². The SMILES string of the molecule is CC.CC(C)(C)Oc1ccc2c(c1)CCC=C2OI. The van der Waals surface area contributed by atoms with Crippen LogP contribution in [0.3, 0.4) is 0 Å². The molecule has 1 aromatic carbocycles. The number of rotatable bonds is 2. The van der Waals surface area contributed by atoms with Gasteiger partial charge in [-0.05, 0) is 63.5 Å². The van der Waals surface area contributed by atoms with Gasteiger partial charge in [0.15, 0.2) is 23.0 Å². The van der Waals surface area contributed by atoms with Crippen LogP contribution in [0.5, 0.6) is 5.75 Å². The maximum Gasteiger partial charge on any atom is 0.192 e. The lowest BCUT2D eigenvalue weighted by atomic mass is 9.95. The van der Waals surface area contributed by atoms with Crippen molar-refractivity contribution in [2.45, 2.75) is 53.1 Å². The molecule has 0 heterocycles. The van der Waals surface area contributed by atoms with Crippen molar-refractivity contribution in [3.63, 3.8) is 0 Å². The van der Waals surface area contributed by atoms with Crippen LogP contribution in [0.1, 0.15) is 52.2 Å². The van der Waals surface area contributed by atoms with E-state index in [9.17, 15) is 0 Å². The monoisotopic (exact) mass is 374 g/mol. The molecule has 1 aromatic rings. The van der Waals surface area contributed by atoms with Crippen molar-refractivity contribution in [1.82, 2.24) is 0 Å². The van der Waals surface area contributed by atoms with E-state index in [4.69, 9.17) is 7.80 Å². The number of allylic oxidation sites excluding steroid dienone is 1. The number of benzene rings is 1. The zero-order chi connectivity index (χ0) is 14.5. The molecule has 1 aliphatic rings. The average Bonchev–Trinajstić information content (AvgIpc) is 2.38. The summed E-state index contributed by atoms with van der Waals surface area (Å²) in [7, 11) is 0. The molecule has 0 radical (unpaired) electrons. The predicted molar refractivity (Wildman–Crippen MR) is 89.6 cm³/mol. The molecule has 0 aliphatic heterocycles. The van der Waals surface area contributed by atoms with Crippen molar-refractivity contribution < 1.29 is 7.80 Å². The first-order valence-electron chi connectivity index (χ1n) is 6.81. The fraction of sp³-hybridized carbons (Fsp3) is 0.500. The summed E-state index contributed by atoms with van der Waals surface area (Å²) >= 11 is 1.93. The normalized spacial score (nSPS) is 13.7. The second-order valence-corrected chi connectivity index (χ2v) is 5.66. The highest BCUT2D eigenvalue weighted by Gasteiger charge is 2.17. The number of aryl methyl sites for hydroxylation is 1. The van der Waals surface area contributed by atoms with E-state index in [2.05, 4.69) is 39.0 Å². The maximum atomic E-state index is 5.87. The molecule has 0 unspecified atom stereocenters. The molecule has 2 nitrogen and oxygen atoms in total. The third-order valence-electron chi connectivity index (χ3n) is 2.59. The summed E-state index contributed by atoms with van der Waals surface area (Å²) in [5, 5.41) is 0. The largest absolute Gasteiger partial charge is 0.488 e. The first-order valence-corrected chi connectivity index (χ1v) is 7.69. The molecule has 0 amide bonds. The summed E-state index contributed by atoms with van der Waals surface area (Å²) in [5.74, 6) is 1.90. The highest BCUT2D eigenvalue weighted by Crippen LogP contribution is 2.32. The quantitative estimate of drug-likeness (QED) is 0.633. The molecule has 0 N–H and O–H groups in total. The van der Waals surface area contributed by atoms with Crippen molar-refractivity contribution in [3.8, 4) is 5.75 Å². The third kappa shape index (κ3) is 4.71. The van der Waals surface area contributed by atoms with Gasteiger partial charge in [0, 0.05) is 5.56 Å². The lowest BCUT2D eigenvalue weighted by Gasteiger charge is -2.23. The molecular formula is C16H23IO2. The Balaban J connectivity index is 0.000000861. The van der Waals surface area contributed by atoms with Crippen LogP contribution in [0.15, 0.2) is 24.3 Å². The number of hydrogen-bond donors (Lipinski definition) is 0. The van der Waals surface area contributed by atoms with Crippen LogP contribution in [0.2, 0.25) is 0 Å². The van der Waals surface area contributed by atoms with Gasteiger partial charge < -0.3 is 7.80 Å². The number of halogens is 1. The minimum absolute atomic E-state index is 0.151. The Hall–Kier alpha value is -0.710. The van der Waals surface area contributed by atoms with Gasteiger partial charge in [0.25, 0.3) is 0 Å². The van der Waals surface area contributed by atoms with E-state index in [-0.39, 0.29) is 5.60 Å². The minimum Gasteiger partial charge on any atom is -0.488 e. The topological polar surface area (TPSA) is 18.5 Å². The van der Waals surface area contributed by atoms with E-state index in [0.29, 0.717) is 0 Å². The standard InChI is InChI=1S/C14H17IO2.C2H6/c1-14(2,3)16-11-7-8-12-10(9-11)5-4-6-13(12)17-15;1-2/h6-9H,4-5H2,1-3H3;1-2H3. The molecule has 0 saturated carbocycles. The predicted octanol–water partition coefficient (Wildman–Crippen LogP) is 5.54. The van der Waals surface area contributed by atoms with Gasteiger partial charge in [-0.25, -0.2) is 0 Å². The first-order chi connectivity index (χ1) is 8.99. The fourth-order valence-corrected chi connectivity index (χ4v) is 2.39. The van der Waals surface area contributed by atoms with Gasteiger partial charge in [-0.3, -0.25) is 0 Å². The smallest absolute Gasteiger partial charge is 0.192 e. The van der Waals surface area contributed by atoms with Gasteiger partial charge in [0.2, 0.25) is 0 Å². The highest BCUT2D eigenvalue weighted by atomic mass is 127. The minimum atomic E-state index is -0.151. The fourth-order valence-electron chi connectivity index (χ4n) is 1.98. The van der Waals surface area contributed by atoms with E-state index < -0.39 is 0 Å². The molecule has 0 saturated heterocycles. The summed E-state index contributed by atoms with van der Waals surface area (Å²) < 4.78 is 11.2. The molecule has 0 atom stereocenters. The second-order valence-electron chi connectivity index (χ2n) is 5.22. The van der Waals surface area contributed by atoms with Gasteiger partial charge in [-0.1, -0.05) is 13.8 Å². The molecule has 106 valence electrons. The van der Waals surface area contributed by atoms with E-state index in [1.807, 2.05) is 42.9 Å². The Bertz CT molecular complexity index is 445. The van der Waals surface area contributed by atoms with Crippen LogP contribution in [0.4, 0.5) is 0 Å². The summed E-state index contributed by atoms with van der Waals surface area (Å²) in [6, 6.07) is 6.22. The molecule has 1 aliphatic carbocycles. The Morgan fingerprint density at radius 1 is 1.16 bits per heavy atom. The number of ether oxygens (including phenoxy) is 1. The van der Waals surface area contributed by atoms with E-state index >= 15 is 0 Å². The lowest BCUT2D eigenvalue weighted by molar-refractivity contribution is 0.131. The van der Waals surface area contributed by atoms with Gasteiger partial charge in [0.05, 0.1) is 0 Å². The van der Waals surface area contributed by atoms with Crippen LogP contribution in [0, 0.1) is 0 Å². The summed E-state index contributed by atoms with van der Waals surface area (Å²) in [6.45, 7) is 10.2. The Morgan fingerprint density at radius 3 is 2.42 bits per heavy atom.